The van der Waals surface area contributed by atoms with Gasteiger partial charge in [-0.3, -0.25) is 14.5 Å². The molecule has 2 amide bonds. The van der Waals surface area contributed by atoms with Crippen LogP contribution in [-0.4, -0.2) is 80.3 Å². The molecule has 1 N–H and O–H groups in total. The number of hydrogen-bond donors (Lipinski definition) is 1. The van der Waals surface area contributed by atoms with E-state index in [2.05, 4.69) is 5.32 Å². The van der Waals surface area contributed by atoms with Gasteiger partial charge in [-0.05, 0) is 30.5 Å². The highest BCUT2D eigenvalue weighted by atomic mass is 35.5. The Balaban J connectivity index is 1.56. The first-order valence-corrected chi connectivity index (χ1v) is 10.7. The summed E-state index contributed by atoms with van der Waals surface area (Å²) in [6.07, 6.45) is 1.81. The van der Waals surface area contributed by atoms with E-state index in [0.29, 0.717) is 51.0 Å². The van der Waals surface area contributed by atoms with Gasteiger partial charge < -0.3 is 19.7 Å². The smallest absolute Gasteiger partial charge is 0.237 e. The summed E-state index contributed by atoms with van der Waals surface area (Å²) < 4.78 is 24.1. The number of hydrogen-bond acceptors (Lipinski definition) is 5. The number of benzene rings is 1. The van der Waals surface area contributed by atoms with E-state index in [4.69, 9.17) is 21.1 Å². The van der Waals surface area contributed by atoms with Crippen molar-refractivity contribution >= 4 is 23.4 Å². The standard InChI is InChI=1S/C21H29ClFN3O4/c1-29-10-11-30-17-4-7-25(8-5-17)20(27)13-19-21(28)24-6-9-26(19)14-15-2-3-16(23)12-18(15)22/h2-3,12,17,19H,4-11,13-14H2,1H3,(H,24,28)/t19-/m1/s1. The van der Waals surface area contributed by atoms with E-state index < -0.39 is 11.9 Å². The molecule has 0 radical (unpaired) electrons. The first-order valence-electron chi connectivity index (χ1n) is 10.3. The van der Waals surface area contributed by atoms with Crippen molar-refractivity contribution in [1.82, 2.24) is 15.1 Å². The zero-order valence-corrected chi connectivity index (χ0v) is 18.0. The second-order valence-electron chi connectivity index (χ2n) is 7.66. The summed E-state index contributed by atoms with van der Waals surface area (Å²) in [5.74, 6) is -0.602. The predicted molar refractivity (Wildman–Crippen MR) is 111 cm³/mol. The third-order valence-electron chi connectivity index (χ3n) is 5.63. The number of methoxy groups -OCH3 is 1. The predicted octanol–water partition coefficient (Wildman–Crippen LogP) is 1.82. The molecule has 0 unspecified atom stereocenters. The molecule has 0 bridgehead atoms. The Morgan fingerprint density at radius 2 is 2.03 bits per heavy atom. The van der Waals surface area contributed by atoms with Gasteiger partial charge in [0.05, 0.1) is 31.8 Å². The molecule has 1 aromatic rings. The Hall–Kier alpha value is -1.74. The van der Waals surface area contributed by atoms with Gasteiger partial charge in [0, 0.05) is 44.9 Å². The second-order valence-corrected chi connectivity index (χ2v) is 8.07. The van der Waals surface area contributed by atoms with Crippen molar-refractivity contribution in [3.05, 3.63) is 34.6 Å². The molecule has 3 rings (SSSR count). The Bertz CT molecular complexity index is 743. The molecule has 0 saturated carbocycles. The second kappa shape index (κ2) is 11.0. The molecule has 2 aliphatic rings. The highest BCUT2D eigenvalue weighted by Crippen LogP contribution is 2.23. The van der Waals surface area contributed by atoms with Gasteiger partial charge in [-0.15, -0.1) is 0 Å². The van der Waals surface area contributed by atoms with E-state index in [1.54, 1.807) is 18.1 Å². The number of carbonyl (C=O) groups excluding carboxylic acids is 2. The quantitative estimate of drug-likeness (QED) is 0.623. The monoisotopic (exact) mass is 441 g/mol. The number of carbonyl (C=O) groups is 2. The number of likely N-dealkylation sites (tertiary alicyclic amines) is 1. The van der Waals surface area contributed by atoms with Crippen molar-refractivity contribution in [3.8, 4) is 0 Å². The summed E-state index contributed by atoms with van der Waals surface area (Å²) in [6, 6.07) is 3.67. The summed E-state index contributed by atoms with van der Waals surface area (Å²) in [7, 11) is 1.64. The fraction of sp³-hybridized carbons (Fsp3) is 0.619. The number of nitrogens with zero attached hydrogens (tertiary/aromatic N) is 2. The highest BCUT2D eigenvalue weighted by molar-refractivity contribution is 6.31. The Kier molecular flexibility index (Phi) is 8.44. The van der Waals surface area contributed by atoms with Gasteiger partial charge in [-0.2, -0.15) is 0 Å². The van der Waals surface area contributed by atoms with E-state index in [9.17, 15) is 14.0 Å². The molecule has 2 saturated heterocycles. The van der Waals surface area contributed by atoms with E-state index in [1.165, 1.54) is 12.1 Å². The van der Waals surface area contributed by atoms with Crippen LogP contribution in [0.4, 0.5) is 4.39 Å². The van der Waals surface area contributed by atoms with Crippen LogP contribution in [0.25, 0.3) is 0 Å². The molecule has 0 aromatic heterocycles. The molecule has 9 heteroatoms. The van der Waals surface area contributed by atoms with E-state index >= 15 is 0 Å². The first kappa shape index (κ1) is 22.9. The molecule has 0 spiro atoms. The van der Waals surface area contributed by atoms with Crippen LogP contribution < -0.4 is 5.32 Å². The molecular weight excluding hydrogens is 413 g/mol. The van der Waals surface area contributed by atoms with Crippen molar-refractivity contribution in [3.63, 3.8) is 0 Å². The Morgan fingerprint density at radius 3 is 2.73 bits per heavy atom. The number of piperazine rings is 1. The van der Waals surface area contributed by atoms with Crippen molar-refractivity contribution in [2.24, 2.45) is 0 Å². The van der Waals surface area contributed by atoms with E-state index in [1.807, 2.05) is 4.90 Å². The third kappa shape index (κ3) is 6.14. The molecule has 2 aliphatic heterocycles. The summed E-state index contributed by atoms with van der Waals surface area (Å²) in [5, 5.41) is 3.16. The summed E-state index contributed by atoms with van der Waals surface area (Å²) in [4.78, 5) is 29.1. The van der Waals surface area contributed by atoms with Crippen LogP contribution in [0.1, 0.15) is 24.8 Å². The van der Waals surface area contributed by atoms with Crippen molar-refractivity contribution in [2.75, 3.05) is 46.5 Å². The molecule has 0 aliphatic carbocycles. The van der Waals surface area contributed by atoms with E-state index in [0.717, 1.165) is 18.4 Å². The van der Waals surface area contributed by atoms with Gasteiger partial charge in [-0.25, -0.2) is 4.39 Å². The summed E-state index contributed by atoms with van der Waals surface area (Å²) in [5.41, 5.74) is 0.735. The maximum absolute atomic E-state index is 13.3. The number of halogens is 2. The van der Waals surface area contributed by atoms with Gasteiger partial charge in [0.1, 0.15) is 5.82 Å². The molecule has 1 atom stereocenters. The molecule has 2 fully saturated rings. The van der Waals surface area contributed by atoms with Crippen LogP contribution in [-0.2, 0) is 25.6 Å². The van der Waals surface area contributed by atoms with Gasteiger partial charge in [0.15, 0.2) is 0 Å². The number of rotatable bonds is 8. The third-order valence-corrected chi connectivity index (χ3v) is 5.99. The molecule has 1 aromatic carbocycles. The van der Waals surface area contributed by atoms with Crippen LogP contribution in [0.3, 0.4) is 0 Å². The largest absolute Gasteiger partial charge is 0.382 e. The van der Waals surface area contributed by atoms with E-state index in [-0.39, 0.29) is 24.3 Å². The van der Waals surface area contributed by atoms with Crippen molar-refractivity contribution in [1.29, 1.82) is 0 Å². The lowest BCUT2D eigenvalue weighted by Gasteiger charge is -2.37. The average Bonchev–Trinajstić information content (AvgIpc) is 2.73. The lowest BCUT2D eigenvalue weighted by molar-refractivity contribution is -0.140. The van der Waals surface area contributed by atoms with Crippen LogP contribution in [0.5, 0.6) is 0 Å². The van der Waals surface area contributed by atoms with Crippen LogP contribution in [0.15, 0.2) is 18.2 Å². The fourth-order valence-corrected chi connectivity index (χ4v) is 4.13. The number of piperidine rings is 1. The molecule has 2 heterocycles. The Labute approximate surface area is 181 Å². The van der Waals surface area contributed by atoms with Crippen molar-refractivity contribution in [2.45, 2.75) is 38.0 Å². The SMILES string of the molecule is COCCOC1CCN(C(=O)C[C@@H]2C(=O)NCCN2Cc2ccc(F)cc2Cl)CC1. The highest BCUT2D eigenvalue weighted by Gasteiger charge is 2.34. The maximum Gasteiger partial charge on any atom is 0.237 e. The van der Waals surface area contributed by atoms with Crippen LogP contribution in [0.2, 0.25) is 5.02 Å². The first-order chi connectivity index (χ1) is 14.5. The molecular formula is C21H29ClFN3O4. The molecule has 30 heavy (non-hydrogen) atoms. The van der Waals surface area contributed by atoms with Gasteiger partial charge >= 0.3 is 0 Å². The van der Waals surface area contributed by atoms with Crippen molar-refractivity contribution < 1.29 is 23.5 Å². The average molecular weight is 442 g/mol. The minimum atomic E-state index is -0.567. The number of ether oxygens (including phenoxy) is 2. The van der Waals surface area contributed by atoms with Gasteiger partial charge in [-0.1, -0.05) is 17.7 Å². The topological polar surface area (TPSA) is 71.1 Å². The van der Waals surface area contributed by atoms with Gasteiger partial charge in [0.2, 0.25) is 11.8 Å². The minimum Gasteiger partial charge on any atom is -0.382 e. The lowest BCUT2D eigenvalue weighted by Crippen LogP contribution is -2.56. The molecule has 7 nitrogen and oxygen atoms in total. The molecule has 166 valence electrons. The van der Waals surface area contributed by atoms with Gasteiger partial charge in [0.25, 0.3) is 0 Å². The number of nitrogens with one attached hydrogen (secondary N) is 1. The maximum atomic E-state index is 13.3. The summed E-state index contributed by atoms with van der Waals surface area (Å²) in [6.45, 7) is 3.85. The summed E-state index contributed by atoms with van der Waals surface area (Å²) >= 11 is 6.16. The zero-order valence-electron chi connectivity index (χ0n) is 17.2. The zero-order chi connectivity index (χ0) is 21.5. The number of amides is 2. The van der Waals surface area contributed by atoms with Crippen LogP contribution in [0, 0.1) is 5.82 Å². The van der Waals surface area contributed by atoms with Crippen LogP contribution >= 0.6 is 11.6 Å². The normalized spacial score (nSPS) is 21.0. The Morgan fingerprint density at radius 1 is 1.27 bits per heavy atom. The fourth-order valence-electron chi connectivity index (χ4n) is 3.91. The lowest BCUT2D eigenvalue weighted by atomic mass is 10.0. The minimum absolute atomic E-state index is 0.0393.